The number of hydrogen-bond donors (Lipinski definition) is 1. The highest BCUT2D eigenvalue weighted by Gasteiger charge is 2.24. The van der Waals surface area contributed by atoms with Gasteiger partial charge in [0.25, 0.3) is 0 Å². The lowest BCUT2D eigenvalue weighted by molar-refractivity contribution is 0.639. The molecule has 3 heterocycles. The van der Waals surface area contributed by atoms with Crippen molar-refractivity contribution >= 4 is 22.0 Å². The van der Waals surface area contributed by atoms with Crippen LogP contribution in [0, 0.1) is 0 Å². The minimum absolute atomic E-state index is 0.353. The summed E-state index contributed by atoms with van der Waals surface area (Å²) in [7, 11) is -1.57. The van der Waals surface area contributed by atoms with Crippen molar-refractivity contribution < 1.29 is 8.60 Å². The van der Waals surface area contributed by atoms with E-state index >= 15 is 0 Å². The molecule has 1 fully saturated rings. The monoisotopic (exact) mass is 345 g/mol. The van der Waals surface area contributed by atoms with E-state index in [-0.39, 0.29) is 0 Å². The molecule has 0 aromatic carbocycles. The molecule has 1 aliphatic rings. The molecule has 2 unspecified atom stereocenters. The largest absolute Gasteiger partial charge is 0.316 e. The third-order valence-corrected chi connectivity index (χ3v) is 5.37. The molecule has 4 nitrogen and oxygen atoms in total. The second-order valence-electron chi connectivity index (χ2n) is 5.76. The van der Waals surface area contributed by atoms with Crippen LogP contribution in [0.1, 0.15) is 24.8 Å². The van der Waals surface area contributed by atoms with E-state index in [9.17, 15) is 8.60 Å². The Labute approximate surface area is 143 Å². The predicted octanol–water partition coefficient (Wildman–Crippen LogP) is 3.57. The number of allylic oxidation sites excluding steroid dienone is 4. The van der Waals surface area contributed by atoms with E-state index in [4.69, 9.17) is 0 Å². The summed E-state index contributed by atoms with van der Waals surface area (Å²) in [5.74, 6) is -0.0443. The maximum atomic E-state index is 13.3. The Morgan fingerprint density at radius 3 is 3.08 bits per heavy atom. The number of nitrogens with one attached hydrogen (secondary N) is 1. The SMILES string of the molecule is C=C/C=C(\C=C(/C)F)S(=O)n1cc(C2CCNC2)c2ncccc21. The summed E-state index contributed by atoms with van der Waals surface area (Å²) < 4.78 is 28.0. The second kappa shape index (κ2) is 7.23. The predicted molar refractivity (Wildman–Crippen MR) is 96.6 cm³/mol. The van der Waals surface area contributed by atoms with Crippen LogP contribution in [-0.4, -0.2) is 26.3 Å². The lowest BCUT2D eigenvalue weighted by atomic mass is 10.0. The summed E-state index contributed by atoms with van der Waals surface area (Å²) in [5.41, 5.74) is 2.74. The van der Waals surface area contributed by atoms with E-state index in [1.807, 2.05) is 18.3 Å². The molecule has 6 heteroatoms. The zero-order valence-electron chi connectivity index (χ0n) is 13.5. The summed E-state index contributed by atoms with van der Waals surface area (Å²) in [5, 5.41) is 3.35. The van der Waals surface area contributed by atoms with Crippen LogP contribution in [-0.2, 0) is 11.0 Å². The normalized spacial score (nSPS) is 20.5. The molecule has 126 valence electrons. The average Bonchev–Trinajstić information content (AvgIpc) is 3.20. The minimum atomic E-state index is -1.57. The van der Waals surface area contributed by atoms with E-state index in [0.717, 1.165) is 36.1 Å². The lowest BCUT2D eigenvalue weighted by Crippen LogP contribution is -2.08. The molecule has 0 spiro atoms. The Bertz CT molecular complexity index is 843. The van der Waals surface area contributed by atoms with Crippen LogP contribution in [0.5, 0.6) is 0 Å². The molecule has 2 aromatic heterocycles. The van der Waals surface area contributed by atoms with Gasteiger partial charge in [-0.15, -0.1) is 0 Å². The maximum Gasteiger partial charge on any atom is 0.157 e. The molecular formula is C18H20FN3OS. The number of nitrogens with zero attached hydrogens (tertiary/aromatic N) is 2. The van der Waals surface area contributed by atoms with Gasteiger partial charge in [-0.2, -0.15) is 0 Å². The Morgan fingerprint density at radius 1 is 1.58 bits per heavy atom. The molecule has 24 heavy (non-hydrogen) atoms. The van der Waals surface area contributed by atoms with Gasteiger partial charge in [0.15, 0.2) is 11.0 Å². The van der Waals surface area contributed by atoms with E-state index in [1.165, 1.54) is 19.1 Å². The number of aromatic nitrogens is 2. The van der Waals surface area contributed by atoms with Crippen LogP contribution < -0.4 is 5.32 Å². The Hall–Kier alpha value is -2.05. The van der Waals surface area contributed by atoms with Crippen LogP contribution in [0.2, 0.25) is 0 Å². The molecule has 1 saturated heterocycles. The van der Waals surface area contributed by atoms with E-state index in [1.54, 1.807) is 16.2 Å². The minimum Gasteiger partial charge on any atom is -0.316 e. The Morgan fingerprint density at radius 2 is 2.42 bits per heavy atom. The molecule has 0 radical (unpaired) electrons. The van der Waals surface area contributed by atoms with Crippen LogP contribution in [0.3, 0.4) is 0 Å². The summed E-state index contributed by atoms with van der Waals surface area (Å²) >= 11 is 0. The molecule has 0 amide bonds. The molecule has 2 aromatic rings. The van der Waals surface area contributed by atoms with Crippen molar-refractivity contribution in [2.75, 3.05) is 13.1 Å². The smallest absolute Gasteiger partial charge is 0.157 e. The number of hydrogen-bond acceptors (Lipinski definition) is 3. The Kier molecular flexibility index (Phi) is 5.06. The first-order valence-electron chi connectivity index (χ1n) is 7.87. The Balaban J connectivity index is 2.12. The van der Waals surface area contributed by atoms with Gasteiger partial charge < -0.3 is 5.32 Å². The van der Waals surface area contributed by atoms with Gasteiger partial charge in [0, 0.05) is 30.4 Å². The summed E-state index contributed by atoms with van der Waals surface area (Å²) in [6.45, 7) is 6.82. The molecule has 2 atom stereocenters. The highest BCUT2D eigenvalue weighted by molar-refractivity contribution is 7.87. The number of fused-ring (bicyclic) bond motifs is 1. The van der Waals surface area contributed by atoms with Gasteiger partial charge in [0.2, 0.25) is 0 Å². The first-order valence-corrected chi connectivity index (χ1v) is 8.98. The first-order chi connectivity index (χ1) is 11.6. The zero-order valence-corrected chi connectivity index (χ0v) is 14.4. The fraction of sp³-hybridized carbons (Fsp3) is 0.278. The van der Waals surface area contributed by atoms with Gasteiger partial charge in [-0.1, -0.05) is 12.7 Å². The van der Waals surface area contributed by atoms with E-state index in [0.29, 0.717) is 10.8 Å². The highest BCUT2D eigenvalue weighted by atomic mass is 32.2. The van der Waals surface area contributed by atoms with E-state index < -0.39 is 16.8 Å². The van der Waals surface area contributed by atoms with Crippen molar-refractivity contribution in [2.24, 2.45) is 0 Å². The first kappa shape index (κ1) is 16.8. The fourth-order valence-electron chi connectivity index (χ4n) is 2.99. The van der Waals surface area contributed by atoms with Gasteiger partial charge in [-0.05, 0) is 44.2 Å². The highest BCUT2D eigenvalue weighted by Crippen LogP contribution is 2.31. The van der Waals surface area contributed by atoms with Gasteiger partial charge in [0.05, 0.1) is 21.8 Å². The van der Waals surface area contributed by atoms with E-state index in [2.05, 4.69) is 16.9 Å². The summed E-state index contributed by atoms with van der Waals surface area (Å²) in [4.78, 5) is 4.85. The van der Waals surface area contributed by atoms with Crippen LogP contribution in [0.15, 0.2) is 60.1 Å². The second-order valence-corrected chi connectivity index (χ2v) is 7.12. The molecule has 1 aliphatic heterocycles. The third kappa shape index (κ3) is 3.25. The van der Waals surface area contributed by atoms with Crippen molar-refractivity contribution in [3.63, 3.8) is 0 Å². The zero-order chi connectivity index (χ0) is 17.1. The van der Waals surface area contributed by atoms with Crippen molar-refractivity contribution in [3.8, 4) is 0 Å². The van der Waals surface area contributed by atoms with Crippen LogP contribution in [0.25, 0.3) is 11.0 Å². The third-order valence-electron chi connectivity index (χ3n) is 4.06. The van der Waals surface area contributed by atoms with Crippen molar-refractivity contribution in [2.45, 2.75) is 19.3 Å². The van der Waals surface area contributed by atoms with Gasteiger partial charge in [-0.25, -0.2) is 8.60 Å². The van der Waals surface area contributed by atoms with Gasteiger partial charge in [-0.3, -0.25) is 8.96 Å². The van der Waals surface area contributed by atoms with Gasteiger partial charge >= 0.3 is 0 Å². The van der Waals surface area contributed by atoms with Crippen LogP contribution >= 0.6 is 0 Å². The average molecular weight is 345 g/mol. The van der Waals surface area contributed by atoms with Gasteiger partial charge in [0.1, 0.15) is 0 Å². The standard InChI is InChI=1S/C18H20FN3OS/c1-3-5-15(10-13(2)19)24(23)22-12-16(14-7-9-20-11-14)18-17(22)6-4-8-21-18/h3-6,8,10,12,14,20H,1,7,9,11H2,2H3/b13-10+,15-5+. The van der Waals surface area contributed by atoms with Crippen molar-refractivity contribution in [1.29, 1.82) is 0 Å². The molecule has 0 saturated carbocycles. The summed E-state index contributed by atoms with van der Waals surface area (Å²) in [6.07, 6.45) is 9.02. The van der Waals surface area contributed by atoms with Crippen molar-refractivity contribution in [3.05, 3.63) is 65.6 Å². The molecule has 0 aliphatic carbocycles. The number of pyridine rings is 1. The maximum absolute atomic E-state index is 13.3. The summed E-state index contributed by atoms with van der Waals surface area (Å²) in [6, 6.07) is 3.71. The fourth-order valence-corrected chi connectivity index (χ4v) is 4.23. The number of rotatable bonds is 5. The van der Waals surface area contributed by atoms with Crippen molar-refractivity contribution in [1.82, 2.24) is 14.3 Å². The number of halogens is 1. The van der Waals surface area contributed by atoms with Crippen LogP contribution in [0.4, 0.5) is 4.39 Å². The quantitative estimate of drug-likeness (QED) is 0.843. The molecule has 0 bridgehead atoms. The topological polar surface area (TPSA) is 46.9 Å². The molecule has 1 N–H and O–H groups in total. The molecule has 3 rings (SSSR count). The lowest BCUT2D eigenvalue weighted by Gasteiger charge is -2.06. The molecular weight excluding hydrogens is 325 g/mol.